The van der Waals surface area contributed by atoms with Crippen molar-refractivity contribution in [2.24, 2.45) is 0 Å². The monoisotopic (exact) mass is 378 g/mol. The number of pyridine rings is 1. The van der Waals surface area contributed by atoms with Crippen LogP contribution in [-0.2, 0) is 9.53 Å². The maximum Gasteiger partial charge on any atom is 0.330 e. The number of aromatic nitrogens is 1. The molecule has 0 aliphatic rings. The molecule has 0 spiro atoms. The number of benzene rings is 1. The third-order valence-electron chi connectivity index (χ3n) is 3.57. The summed E-state index contributed by atoms with van der Waals surface area (Å²) < 4.78 is 28.9. The van der Waals surface area contributed by atoms with Gasteiger partial charge in [-0.25, -0.2) is 14.2 Å². The molecule has 0 aliphatic heterocycles. The number of aliphatic carboxylic acids is 1. The van der Waals surface area contributed by atoms with Crippen LogP contribution in [0.1, 0.15) is 22.0 Å². The fourth-order valence-electron chi connectivity index (χ4n) is 2.22. The lowest BCUT2D eigenvalue weighted by Crippen LogP contribution is -2.33. The number of hydrogen-bond acceptors (Lipinski definition) is 6. The van der Waals surface area contributed by atoms with Gasteiger partial charge in [-0.2, -0.15) is 0 Å². The Morgan fingerprint density at radius 1 is 1.22 bits per heavy atom. The van der Waals surface area contributed by atoms with Crippen molar-refractivity contribution in [3.05, 3.63) is 53.5 Å². The summed E-state index contributed by atoms with van der Waals surface area (Å²) in [5.74, 6) is -2.56. The van der Waals surface area contributed by atoms with Gasteiger partial charge in [-0.3, -0.25) is 4.79 Å². The summed E-state index contributed by atoms with van der Waals surface area (Å²) in [5, 5.41) is 11.8. The van der Waals surface area contributed by atoms with Gasteiger partial charge in [0.25, 0.3) is 5.91 Å². The molecule has 1 aromatic carbocycles. The maximum absolute atomic E-state index is 13.9. The molecular weight excluding hydrogens is 359 g/mol. The summed E-state index contributed by atoms with van der Waals surface area (Å²) >= 11 is 0. The molecule has 1 unspecified atom stereocenters. The molecule has 1 heterocycles. The van der Waals surface area contributed by atoms with Crippen LogP contribution in [0.2, 0.25) is 0 Å². The van der Waals surface area contributed by atoms with Crippen molar-refractivity contribution in [2.75, 3.05) is 27.4 Å². The van der Waals surface area contributed by atoms with Crippen LogP contribution in [0, 0.1) is 5.82 Å². The highest BCUT2D eigenvalue weighted by Gasteiger charge is 2.24. The summed E-state index contributed by atoms with van der Waals surface area (Å²) in [4.78, 5) is 27.9. The molecule has 27 heavy (non-hydrogen) atoms. The molecule has 0 saturated carbocycles. The molecule has 0 bridgehead atoms. The van der Waals surface area contributed by atoms with Crippen LogP contribution in [0.15, 0.2) is 36.5 Å². The predicted molar refractivity (Wildman–Crippen MR) is 92.4 cm³/mol. The van der Waals surface area contributed by atoms with Gasteiger partial charge in [-0.15, -0.1) is 0 Å². The van der Waals surface area contributed by atoms with Crippen LogP contribution < -0.4 is 14.8 Å². The summed E-state index contributed by atoms with van der Waals surface area (Å²) in [6.45, 7) is 0.597. The number of carboxylic acids is 1. The summed E-state index contributed by atoms with van der Waals surface area (Å²) in [5.41, 5.74) is 0.220. The van der Waals surface area contributed by atoms with Crippen LogP contribution in [0.3, 0.4) is 0 Å². The second-order valence-electron chi connectivity index (χ2n) is 5.36. The minimum atomic E-state index is -1.44. The zero-order valence-corrected chi connectivity index (χ0v) is 14.8. The second kappa shape index (κ2) is 9.48. The van der Waals surface area contributed by atoms with Gasteiger partial charge < -0.3 is 24.6 Å². The molecule has 2 rings (SSSR count). The number of nitrogens with zero attached hydrogens (tertiary/aromatic N) is 1. The standard InChI is InChI=1S/C18H19FN2O6/c1-25-7-8-27-15-10-12(5-6-20-15)17(22)21-16(18(23)24)11-3-4-14(26-2)13(19)9-11/h3-6,9-10,16H,7-8H2,1-2H3,(H,21,22)(H,23,24). The van der Waals surface area contributed by atoms with Gasteiger partial charge in [0.1, 0.15) is 6.61 Å². The van der Waals surface area contributed by atoms with E-state index in [9.17, 15) is 19.1 Å². The first-order valence-corrected chi connectivity index (χ1v) is 7.91. The first-order valence-electron chi connectivity index (χ1n) is 7.91. The Labute approximate surface area is 154 Å². The number of rotatable bonds is 9. The average Bonchev–Trinajstić information content (AvgIpc) is 2.66. The van der Waals surface area contributed by atoms with Gasteiger partial charge in [0.05, 0.1) is 13.7 Å². The molecule has 1 aromatic heterocycles. The topological polar surface area (TPSA) is 107 Å². The smallest absolute Gasteiger partial charge is 0.330 e. The number of hydrogen-bond donors (Lipinski definition) is 2. The molecule has 144 valence electrons. The van der Waals surface area contributed by atoms with E-state index < -0.39 is 23.7 Å². The second-order valence-corrected chi connectivity index (χ2v) is 5.36. The molecule has 8 nitrogen and oxygen atoms in total. The number of methoxy groups -OCH3 is 2. The van der Waals surface area contributed by atoms with E-state index in [0.717, 1.165) is 6.07 Å². The van der Waals surface area contributed by atoms with Gasteiger partial charge in [0.2, 0.25) is 5.88 Å². The van der Waals surface area contributed by atoms with E-state index in [0.29, 0.717) is 6.61 Å². The van der Waals surface area contributed by atoms with Crippen molar-refractivity contribution in [1.29, 1.82) is 0 Å². The lowest BCUT2D eigenvalue weighted by atomic mass is 10.1. The molecule has 0 aliphatic carbocycles. The van der Waals surface area contributed by atoms with Gasteiger partial charge in [-0.1, -0.05) is 6.07 Å². The molecule has 0 radical (unpaired) electrons. The molecule has 1 atom stereocenters. The minimum Gasteiger partial charge on any atom is -0.494 e. The van der Waals surface area contributed by atoms with Gasteiger partial charge in [-0.05, 0) is 23.8 Å². The van der Waals surface area contributed by atoms with Crippen molar-refractivity contribution in [3.8, 4) is 11.6 Å². The van der Waals surface area contributed by atoms with Crippen LogP contribution in [0.5, 0.6) is 11.6 Å². The van der Waals surface area contributed by atoms with Crippen molar-refractivity contribution < 1.29 is 33.3 Å². The van der Waals surface area contributed by atoms with E-state index in [1.165, 1.54) is 44.7 Å². The number of carbonyl (C=O) groups excluding carboxylic acids is 1. The molecule has 2 N–H and O–H groups in total. The zero-order chi connectivity index (χ0) is 19.8. The number of nitrogens with one attached hydrogen (secondary N) is 1. The number of amides is 1. The van der Waals surface area contributed by atoms with Gasteiger partial charge >= 0.3 is 5.97 Å². The highest BCUT2D eigenvalue weighted by molar-refractivity contribution is 5.97. The third kappa shape index (κ3) is 5.38. The van der Waals surface area contributed by atoms with E-state index in [4.69, 9.17) is 14.2 Å². The van der Waals surface area contributed by atoms with Crippen molar-refractivity contribution in [2.45, 2.75) is 6.04 Å². The molecule has 0 fully saturated rings. The first kappa shape index (κ1) is 20.1. The summed E-state index contributed by atoms with van der Waals surface area (Å²) in [6.07, 6.45) is 1.36. The van der Waals surface area contributed by atoms with E-state index >= 15 is 0 Å². The fourth-order valence-corrected chi connectivity index (χ4v) is 2.22. The molecule has 9 heteroatoms. The third-order valence-corrected chi connectivity index (χ3v) is 3.57. The summed E-state index contributed by atoms with van der Waals surface area (Å²) in [7, 11) is 2.82. The molecule has 0 saturated heterocycles. The number of halogens is 1. The first-order chi connectivity index (χ1) is 13.0. The summed E-state index contributed by atoms with van der Waals surface area (Å²) in [6, 6.07) is 5.01. The van der Waals surface area contributed by atoms with Crippen molar-refractivity contribution >= 4 is 11.9 Å². The highest BCUT2D eigenvalue weighted by atomic mass is 19.1. The largest absolute Gasteiger partial charge is 0.494 e. The Hall–Kier alpha value is -3.20. The fraction of sp³-hybridized carbons (Fsp3) is 0.278. The lowest BCUT2D eigenvalue weighted by Gasteiger charge is -2.16. The van der Waals surface area contributed by atoms with E-state index in [-0.39, 0.29) is 29.4 Å². The quantitative estimate of drug-likeness (QED) is 0.641. The SMILES string of the molecule is COCCOc1cc(C(=O)NC(C(=O)O)c2ccc(OC)c(F)c2)ccn1. The van der Waals surface area contributed by atoms with Crippen LogP contribution >= 0.6 is 0 Å². The van der Waals surface area contributed by atoms with E-state index in [1.54, 1.807) is 0 Å². The van der Waals surface area contributed by atoms with Crippen molar-refractivity contribution in [1.82, 2.24) is 10.3 Å². The van der Waals surface area contributed by atoms with Gasteiger partial charge in [0.15, 0.2) is 17.6 Å². The highest BCUT2D eigenvalue weighted by Crippen LogP contribution is 2.22. The van der Waals surface area contributed by atoms with Crippen molar-refractivity contribution in [3.63, 3.8) is 0 Å². The Balaban J connectivity index is 2.16. The lowest BCUT2D eigenvalue weighted by molar-refractivity contribution is -0.139. The maximum atomic E-state index is 13.9. The number of carbonyl (C=O) groups is 2. The Morgan fingerprint density at radius 3 is 2.63 bits per heavy atom. The van der Waals surface area contributed by atoms with Gasteiger partial charge in [0, 0.05) is 24.9 Å². The van der Waals surface area contributed by atoms with E-state index in [2.05, 4.69) is 10.3 Å². The normalized spacial score (nSPS) is 11.5. The Morgan fingerprint density at radius 2 is 2.00 bits per heavy atom. The number of ether oxygens (including phenoxy) is 3. The minimum absolute atomic E-state index is 0.0267. The average molecular weight is 378 g/mol. The molecule has 1 amide bonds. The van der Waals surface area contributed by atoms with Crippen LogP contribution in [-0.4, -0.2) is 49.4 Å². The zero-order valence-electron chi connectivity index (χ0n) is 14.8. The van der Waals surface area contributed by atoms with Crippen LogP contribution in [0.4, 0.5) is 4.39 Å². The predicted octanol–water partition coefficient (Wildman–Crippen LogP) is 1.81. The van der Waals surface area contributed by atoms with E-state index in [1.807, 2.05) is 0 Å². The number of carboxylic acid groups (broad SMARTS) is 1. The Kier molecular flexibility index (Phi) is 7.07. The molecular formula is C18H19FN2O6. The Bertz CT molecular complexity index is 814. The molecule has 2 aromatic rings. The van der Waals surface area contributed by atoms with Crippen LogP contribution in [0.25, 0.3) is 0 Å².